The molecule has 24 heavy (non-hydrogen) atoms. The van der Waals surface area contributed by atoms with Crippen LogP contribution in [0.25, 0.3) is 0 Å². The molecule has 1 aromatic rings. The van der Waals surface area contributed by atoms with E-state index in [-0.39, 0.29) is 20.4 Å². The number of benzene rings is 1. The van der Waals surface area contributed by atoms with Crippen molar-refractivity contribution < 1.29 is 29.9 Å². The second-order valence-electron chi connectivity index (χ2n) is 6.82. The first kappa shape index (κ1) is 20.5. The van der Waals surface area contributed by atoms with Gasteiger partial charge in [-0.25, -0.2) is 0 Å². The molecule has 0 heterocycles. The Morgan fingerprint density at radius 1 is 0.958 bits per heavy atom. The van der Waals surface area contributed by atoms with Crippen molar-refractivity contribution in [2.24, 2.45) is 0 Å². The molecule has 0 aliphatic heterocycles. The van der Waals surface area contributed by atoms with Crippen LogP contribution in [0.4, 0.5) is 0 Å². The van der Waals surface area contributed by atoms with Crippen molar-refractivity contribution in [1.82, 2.24) is 0 Å². The molecule has 2 nitrogen and oxygen atoms in total. The molecule has 0 saturated heterocycles. The molecular weight excluding hydrogens is 433 g/mol. The monoisotopic (exact) mass is 460 g/mol. The van der Waals surface area contributed by atoms with Crippen LogP contribution in [-0.4, -0.2) is 25.5 Å². The molecule has 0 radical (unpaired) electrons. The summed E-state index contributed by atoms with van der Waals surface area (Å²) in [7, 11) is 1.89. The number of hydrogen-bond acceptors (Lipinski definition) is 2. The molecule has 0 spiro atoms. The van der Waals surface area contributed by atoms with E-state index in [9.17, 15) is 0 Å². The molecule has 0 atom stereocenters. The SMILES string of the molecule is COc1cccc([P+]([CH-]Cl)(C2CCCC2)C2CCCC2)c1OC.[Pd]. The molecule has 2 saturated carbocycles. The largest absolute Gasteiger partial charge is 0.493 e. The van der Waals surface area contributed by atoms with Gasteiger partial charge in [0.2, 0.25) is 5.75 Å². The molecule has 0 unspecified atom stereocenters. The van der Waals surface area contributed by atoms with Gasteiger partial charge in [0.05, 0.1) is 14.2 Å². The third-order valence-corrected chi connectivity index (χ3v) is 11.7. The van der Waals surface area contributed by atoms with Crippen LogP contribution in [0.3, 0.4) is 0 Å². The van der Waals surface area contributed by atoms with Crippen molar-refractivity contribution in [3.8, 4) is 11.5 Å². The third-order valence-electron chi connectivity index (χ3n) is 5.82. The summed E-state index contributed by atoms with van der Waals surface area (Å²) in [4.78, 5) is 0. The Morgan fingerprint density at radius 3 is 1.92 bits per heavy atom. The van der Waals surface area contributed by atoms with Gasteiger partial charge in [-0.05, 0) is 63.5 Å². The second-order valence-corrected chi connectivity index (χ2v) is 11.2. The van der Waals surface area contributed by atoms with Gasteiger partial charge >= 0.3 is 0 Å². The number of ether oxygens (including phenoxy) is 2. The Hall–Kier alpha value is 0.202. The van der Waals surface area contributed by atoms with Gasteiger partial charge in [0, 0.05) is 31.7 Å². The summed E-state index contributed by atoms with van der Waals surface area (Å²) in [6, 6.07) is 6.36. The van der Waals surface area contributed by atoms with Crippen LogP contribution in [0.2, 0.25) is 0 Å². The smallest absolute Gasteiger partial charge is 0.200 e. The van der Waals surface area contributed by atoms with Gasteiger partial charge in [-0.1, -0.05) is 18.9 Å². The van der Waals surface area contributed by atoms with E-state index < -0.39 is 7.26 Å². The fourth-order valence-electron chi connectivity index (χ4n) is 4.74. The van der Waals surface area contributed by atoms with Crippen LogP contribution >= 0.6 is 18.9 Å². The maximum absolute atomic E-state index is 6.67. The Kier molecular flexibility index (Phi) is 7.89. The molecule has 2 aliphatic carbocycles. The minimum absolute atomic E-state index is 0. The summed E-state index contributed by atoms with van der Waals surface area (Å²) in [6.45, 7) is 0. The van der Waals surface area contributed by atoms with Crippen LogP contribution < -0.4 is 14.8 Å². The molecule has 5 heteroatoms. The first-order valence-corrected chi connectivity index (χ1v) is 11.3. The summed E-state index contributed by atoms with van der Waals surface area (Å²) >= 11 is 6.67. The number of para-hydroxylation sites is 1. The number of methoxy groups -OCH3 is 2. The normalized spacial score (nSPS) is 19.3. The van der Waals surface area contributed by atoms with Crippen molar-refractivity contribution in [3.05, 3.63) is 23.8 Å². The van der Waals surface area contributed by atoms with E-state index in [4.69, 9.17) is 21.1 Å². The van der Waals surface area contributed by atoms with Crippen molar-refractivity contribution >= 4 is 24.2 Å². The Morgan fingerprint density at radius 2 is 1.50 bits per heavy atom. The minimum atomic E-state index is -1.58. The zero-order valence-corrected chi connectivity index (χ0v) is 17.8. The first-order chi connectivity index (χ1) is 11.3. The fraction of sp³-hybridized carbons (Fsp3) is 0.632. The third kappa shape index (κ3) is 3.53. The first-order valence-electron chi connectivity index (χ1n) is 8.82. The maximum atomic E-state index is 6.67. The van der Waals surface area contributed by atoms with Crippen LogP contribution in [0.15, 0.2) is 18.2 Å². The molecule has 2 aliphatic rings. The Balaban J connectivity index is 0.00000208. The van der Waals surface area contributed by atoms with Crippen LogP contribution in [0, 0.1) is 5.62 Å². The average molecular weight is 461 g/mol. The topological polar surface area (TPSA) is 18.5 Å². The van der Waals surface area contributed by atoms with Gasteiger partial charge in [0.15, 0.2) is 5.75 Å². The second kappa shape index (κ2) is 9.23. The molecule has 0 amide bonds. The van der Waals surface area contributed by atoms with E-state index in [1.54, 1.807) is 14.2 Å². The van der Waals surface area contributed by atoms with Gasteiger partial charge in [-0.3, -0.25) is 0 Å². The van der Waals surface area contributed by atoms with Crippen LogP contribution in [-0.2, 0) is 20.4 Å². The van der Waals surface area contributed by atoms with E-state index in [0.717, 1.165) is 22.8 Å². The van der Waals surface area contributed by atoms with E-state index in [0.29, 0.717) is 0 Å². The van der Waals surface area contributed by atoms with Crippen LogP contribution in [0.1, 0.15) is 51.4 Å². The van der Waals surface area contributed by atoms with Gasteiger partial charge in [-0.2, -0.15) is 0 Å². The molecule has 0 aromatic heterocycles. The molecule has 138 valence electrons. The van der Waals surface area contributed by atoms with Gasteiger partial charge in [0.1, 0.15) is 5.30 Å². The van der Waals surface area contributed by atoms with Crippen molar-refractivity contribution in [2.45, 2.75) is 62.7 Å². The number of rotatable bonds is 6. The summed E-state index contributed by atoms with van der Waals surface area (Å²) < 4.78 is 11.4. The van der Waals surface area contributed by atoms with Crippen molar-refractivity contribution in [2.75, 3.05) is 14.2 Å². The standard InChI is InChI=1S/C19H28ClO2P.Pd/c1-21-17-12-7-13-18(19(17)22-2)23(14-20,15-8-3-4-9-15)16-10-5-6-11-16;/h7,12-16H,3-6,8-11H2,1-2H3;. The Labute approximate surface area is 166 Å². The van der Waals surface area contributed by atoms with E-state index in [1.165, 1.54) is 56.7 Å². The average Bonchev–Trinajstić information content (AvgIpc) is 3.30. The summed E-state index contributed by atoms with van der Waals surface area (Å²) in [5, 5.41) is 1.34. The van der Waals surface area contributed by atoms with Gasteiger partial charge < -0.3 is 21.1 Å². The molecule has 2 fully saturated rings. The molecular formula is C19H28ClO2PPd. The zero-order chi connectivity index (χ0) is 16.3. The zero-order valence-electron chi connectivity index (χ0n) is 14.6. The minimum Gasteiger partial charge on any atom is -0.493 e. The molecule has 3 rings (SSSR count). The maximum Gasteiger partial charge on any atom is 0.200 e. The summed E-state index contributed by atoms with van der Waals surface area (Å²) in [5.74, 6) is 1.75. The van der Waals surface area contributed by atoms with Crippen molar-refractivity contribution in [1.29, 1.82) is 0 Å². The quantitative estimate of drug-likeness (QED) is 0.313. The predicted molar refractivity (Wildman–Crippen MR) is 101 cm³/mol. The van der Waals surface area contributed by atoms with E-state index in [1.807, 2.05) is 6.07 Å². The van der Waals surface area contributed by atoms with E-state index in [2.05, 4.69) is 17.8 Å². The van der Waals surface area contributed by atoms with E-state index >= 15 is 0 Å². The van der Waals surface area contributed by atoms with Gasteiger partial charge in [-0.15, -0.1) is 0 Å². The van der Waals surface area contributed by atoms with Crippen molar-refractivity contribution in [3.63, 3.8) is 0 Å². The number of hydrogen-bond donors (Lipinski definition) is 0. The van der Waals surface area contributed by atoms with Gasteiger partial charge in [0.25, 0.3) is 0 Å². The molecule has 0 bridgehead atoms. The molecule has 1 aromatic carbocycles. The Bertz CT molecular complexity index is 512. The fourth-order valence-corrected chi connectivity index (χ4v) is 11.2. The summed E-state index contributed by atoms with van der Waals surface area (Å²) in [5.41, 5.74) is 3.55. The molecule has 0 N–H and O–H groups in total. The predicted octanol–water partition coefficient (Wildman–Crippen LogP) is 5.59. The number of halogens is 1. The van der Waals surface area contributed by atoms with Crippen LogP contribution in [0.5, 0.6) is 11.5 Å². The summed E-state index contributed by atoms with van der Waals surface area (Å²) in [6.07, 6.45) is 10.6.